The Labute approximate surface area is 146 Å². The Balaban J connectivity index is 1.67. The third kappa shape index (κ3) is 4.18. The zero-order valence-corrected chi connectivity index (χ0v) is 15.4. The number of hydrogen-bond acceptors (Lipinski definition) is 2. The summed E-state index contributed by atoms with van der Waals surface area (Å²) in [4.78, 5) is 2.45. The molecule has 1 saturated heterocycles. The SMILES string of the molecule is Cc1ccc(CCc2ccc(N3C[C@@H](C)O[C@@H](C)C3)cc2C)cc1. The highest BCUT2D eigenvalue weighted by Gasteiger charge is 2.22. The molecular weight excluding hydrogens is 294 g/mol. The van der Waals surface area contributed by atoms with Crippen LogP contribution in [-0.4, -0.2) is 25.3 Å². The lowest BCUT2D eigenvalue weighted by Gasteiger charge is -2.37. The third-order valence-corrected chi connectivity index (χ3v) is 4.91. The first-order valence-electron chi connectivity index (χ1n) is 9.07. The minimum absolute atomic E-state index is 0.301. The standard InChI is InChI=1S/C22H29NO/c1-16-5-7-20(8-6-16)9-10-21-11-12-22(13-17(21)2)23-14-18(3)24-19(4)15-23/h5-8,11-13,18-19H,9-10,14-15H2,1-4H3/t18-,19+. The lowest BCUT2D eigenvalue weighted by molar-refractivity contribution is -0.00522. The Morgan fingerprint density at radius 2 is 1.58 bits per heavy atom. The van der Waals surface area contributed by atoms with E-state index < -0.39 is 0 Å². The van der Waals surface area contributed by atoms with Crippen molar-refractivity contribution in [3.8, 4) is 0 Å². The van der Waals surface area contributed by atoms with E-state index in [-0.39, 0.29) is 0 Å². The predicted molar refractivity (Wildman–Crippen MR) is 102 cm³/mol. The van der Waals surface area contributed by atoms with E-state index in [1.807, 2.05) is 0 Å². The fourth-order valence-electron chi connectivity index (χ4n) is 3.58. The predicted octanol–water partition coefficient (Wildman–Crippen LogP) is 4.70. The molecule has 2 aromatic carbocycles. The summed E-state index contributed by atoms with van der Waals surface area (Å²) in [6, 6.07) is 15.8. The van der Waals surface area contributed by atoms with Crippen molar-refractivity contribution in [1.29, 1.82) is 0 Å². The maximum atomic E-state index is 5.85. The molecule has 0 aliphatic carbocycles. The van der Waals surface area contributed by atoms with E-state index in [9.17, 15) is 0 Å². The number of aryl methyl sites for hydroxylation is 4. The monoisotopic (exact) mass is 323 g/mol. The van der Waals surface area contributed by atoms with Gasteiger partial charge in [-0.25, -0.2) is 0 Å². The molecule has 24 heavy (non-hydrogen) atoms. The van der Waals surface area contributed by atoms with Crippen molar-refractivity contribution in [3.05, 3.63) is 64.7 Å². The molecule has 1 aliphatic heterocycles. The van der Waals surface area contributed by atoms with Crippen LogP contribution in [0.4, 0.5) is 5.69 Å². The lowest BCUT2D eigenvalue weighted by atomic mass is 9.99. The van der Waals surface area contributed by atoms with Crippen molar-refractivity contribution in [2.75, 3.05) is 18.0 Å². The molecular formula is C22H29NO. The summed E-state index contributed by atoms with van der Waals surface area (Å²) < 4.78 is 5.85. The van der Waals surface area contributed by atoms with Crippen LogP contribution in [0.25, 0.3) is 0 Å². The second-order valence-corrected chi connectivity index (χ2v) is 7.26. The number of rotatable bonds is 4. The normalized spacial score (nSPS) is 21.1. The second-order valence-electron chi connectivity index (χ2n) is 7.26. The van der Waals surface area contributed by atoms with Gasteiger partial charge in [0.25, 0.3) is 0 Å². The van der Waals surface area contributed by atoms with Gasteiger partial charge in [0, 0.05) is 18.8 Å². The first-order valence-corrected chi connectivity index (χ1v) is 9.07. The van der Waals surface area contributed by atoms with Gasteiger partial charge in [-0.3, -0.25) is 0 Å². The number of benzene rings is 2. The molecule has 2 aromatic rings. The number of ether oxygens (including phenoxy) is 1. The van der Waals surface area contributed by atoms with Crippen LogP contribution in [0.2, 0.25) is 0 Å². The van der Waals surface area contributed by atoms with E-state index in [0.29, 0.717) is 12.2 Å². The van der Waals surface area contributed by atoms with Crippen LogP contribution < -0.4 is 4.90 Å². The quantitative estimate of drug-likeness (QED) is 0.808. The van der Waals surface area contributed by atoms with Crippen molar-refractivity contribution in [3.63, 3.8) is 0 Å². The third-order valence-electron chi connectivity index (χ3n) is 4.91. The minimum Gasteiger partial charge on any atom is -0.372 e. The molecule has 0 unspecified atom stereocenters. The maximum Gasteiger partial charge on any atom is 0.0726 e. The van der Waals surface area contributed by atoms with Gasteiger partial charge in [-0.15, -0.1) is 0 Å². The summed E-state index contributed by atoms with van der Waals surface area (Å²) in [6.45, 7) is 10.6. The van der Waals surface area contributed by atoms with Crippen molar-refractivity contribution in [2.45, 2.75) is 52.7 Å². The van der Waals surface area contributed by atoms with Crippen molar-refractivity contribution in [1.82, 2.24) is 0 Å². The molecule has 0 saturated carbocycles. The molecule has 128 valence electrons. The molecule has 3 rings (SSSR count). The summed E-state index contributed by atoms with van der Waals surface area (Å²) in [7, 11) is 0. The van der Waals surface area contributed by atoms with Gasteiger partial charge < -0.3 is 9.64 Å². The summed E-state index contributed by atoms with van der Waals surface area (Å²) in [6.07, 6.45) is 2.81. The van der Waals surface area contributed by atoms with Gasteiger partial charge in [0.2, 0.25) is 0 Å². The van der Waals surface area contributed by atoms with Crippen molar-refractivity contribution < 1.29 is 4.74 Å². The fourth-order valence-corrected chi connectivity index (χ4v) is 3.58. The first kappa shape index (κ1) is 17.0. The number of morpholine rings is 1. The molecule has 0 bridgehead atoms. The molecule has 2 atom stereocenters. The molecule has 0 radical (unpaired) electrons. The van der Waals surface area contributed by atoms with E-state index >= 15 is 0 Å². The Kier molecular flexibility index (Phi) is 5.25. The highest BCUT2D eigenvalue weighted by atomic mass is 16.5. The smallest absolute Gasteiger partial charge is 0.0726 e. The summed E-state index contributed by atoms with van der Waals surface area (Å²) in [5.41, 5.74) is 6.92. The fraction of sp³-hybridized carbons (Fsp3) is 0.455. The zero-order valence-electron chi connectivity index (χ0n) is 15.4. The lowest BCUT2D eigenvalue weighted by Crippen LogP contribution is -2.45. The Hall–Kier alpha value is -1.80. The van der Waals surface area contributed by atoms with E-state index in [0.717, 1.165) is 25.9 Å². The van der Waals surface area contributed by atoms with Crippen molar-refractivity contribution in [2.24, 2.45) is 0 Å². The van der Waals surface area contributed by atoms with Crippen molar-refractivity contribution >= 4 is 5.69 Å². The summed E-state index contributed by atoms with van der Waals surface area (Å²) in [5.74, 6) is 0. The van der Waals surface area contributed by atoms with Gasteiger partial charge in [-0.05, 0) is 69.4 Å². The Morgan fingerprint density at radius 3 is 2.21 bits per heavy atom. The van der Waals surface area contributed by atoms with Crippen LogP contribution >= 0.6 is 0 Å². The van der Waals surface area contributed by atoms with Gasteiger partial charge in [-0.1, -0.05) is 35.9 Å². The van der Waals surface area contributed by atoms with Crippen LogP contribution in [0.5, 0.6) is 0 Å². The molecule has 0 aromatic heterocycles. The highest BCUT2D eigenvalue weighted by Crippen LogP contribution is 2.24. The van der Waals surface area contributed by atoms with Crippen LogP contribution in [0.3, 0.4) is 0 Å². The van der Waals surface area contributed by atoms with E-state index in [2.05, 4.69) is 75.1 Å². The van der Waals surface area contributed by atoms with E-state index in [1.165, 1.54) is 27.9 Å². The largest absolute Gasteiger partial charge is 0.372 e. The molecule has 2 nitrogen and oxygen atoms in total. The van der Waals surface area contributed by atoms with Crippen LogP contribution in [0.1, 0.15) is 36.1 Å². The molecule has 0 amide bonds. The Bertz CT molecular complexity index is 667. The van der Waals surface area contributed by atoms with Crippen LogP contribution in [0.15, 0.2) is 42.5 Å². The van der Waals surface area contributed by atoms with Crippen LogP contribution in [0, 0.1) is 13.8 Å². The number of anilines is 1. The van der Waals surface area contributed by atoms with E-state index in [4.69, 9.17) is 4.74 Å². The van der Waals surface area contributed by atoms with Gasteiger partial charge in [0.05, 0.1) is 12.2 Å². The topological polar surface area (TPSA) is 12.5 Å². The molecule has 2 heteroatoms. The number of nitrogens with zero attached hydrogens (tertiary/aromatic N) is 1. The average molecular weight is 323 g/mol. The molecule has 1 aliphatic rings. The minimum atomic E-state index is 0.301. The maximum absolute atomic E-state index is 5.85. The molecule has 0 spiro atoms. The summed E-state index contributed by atoms with van der Waals surface area (Å²) in [5, 5.41) is 0. The van der Waals surface area contributed by atoms with Gasteiger partial charge >= 0.3 is 0 Å². The van der Waals surface area contributed by atoms with Gasteiger partial charge in [0.15, 0.2) is 0 Å². The number of hydrogen-bond donors (Lipinski definition) is 0. The van der Waals surface area contributed by atoms with Crippen LogP contribution in [-0.2, 0) is 17.6 Å². The molecule has 0 N–H and O–H groups in total. The highest BCUT2D eigenvalue weighted by molar-refractivity contribution is 5.51. The second kappa shape index (κ2) is 7.40. The Morgan fingerprint density at radius 1 is 0.917 bits per heavy atom. The van der Waals surface area contributed by atoms with Gasteiger partial charge in [-0.2, -0.15) is 0 Å². The first-order chi connectivity index (χ1) is 11.5. The van der Waals surface area contributed by atoms with E-state index in [1.54, 1.807) is 0 Å². The zero-order chi connectivity index (χ0) is 17.1. The molecule has 1 fully saturated rings. The average Bonchev–Trinajstić information content (AvgIpc) is 2.54. The van der Waals surface area contributed by atoms with Gasteiger partial charge in [0.1, 0.15) is 0 Å². The summed E-state index contributed by atoms with van der Waals surface area (Å²) >= 11 is 0. The molecule has 1 heterocycles.